The van der Waals surface area contributed by atoms with Crippen LogP contribution in [0.3, 0.4) is 0 Å². The topological polar surface area (TPSA) is 57.0 Å². The van der Waals surface area contributed by atoms with E-state index in [-0.39, 0.29) is 5.15 Å². The molecule has 0 saturated heterocycles. The van der Waals surface area contributed by atoms with Crippen LogP contribution >= 0.6 is 11.6 Å². The van der Waals surface area contributed by atoms with E-state index in [0.29, 0.717) is 17.7 Å². The molecule has 2 aromatic carbocycles. The Bertz CT molecular complexity index is 1140. The van der Waals surface area contributed by atoms with Crippen molar-refractivity contribution in [2.45, 2.75) is 13.0 Å². The zero-order valence-corrected chi connectivity index (χ0v) is 16.1. The lowest BCUT2D eigenvalue weighted by molar-refractivity contribution is 0.0598. The molecule has 0 N–H and O–H groups in total. The molecule has 0 aliphatic carbocycles. The minimum atomic E-state index is -0.470. The van der Waals surface area contributed by atoms with Crippen molar-refractivity contribution in [3.63, 3.8) is 0 Å². The van der Waals surface area contributed by atoms with E-state index in [9.17, 15) is 4.79 Å². The molecular weight excluding hydrogens is 374 g/mol. The van der Waals surface area contributed by atoms with E-state index >= 15 is 0 Å². The van der Waals surface area contributed by atoms with E-state index in [4.69, 9.17) is 16.3 Å². The van der Waals surface area contributed by atoms with Gasteiger partial charge in [-0.05, 0) is 40.8 Å². The zero-order valence-electron chi connectivity index (χ0n) is 15.3. The van der Waals surface area contributed by atoms with Gasteiger partial charge in [-0.3, -0.25) is 0 Å². The molecule has 2 heterocycles. The van der Waals surface area contributed by atoms with Gasteiger partial charge in [-0.2, -0.15) is 5.10 Å². The van der Waals surface area contributed by atoms with Crippen LogP contribution in [0.2, 0.25) is 5.15 Å². The number of benzene rings is 2. The number of fused-ring (bicyclic) bond motifs is 1. The standard InChI is InChI=1S/C22H18ClN3O2/c1-28-22(27)18-13-21(23)25-24-19(18)12-16-7-8-20-17(11-16)9-10-26(20)14-15-5-3-2-4-6-15/h2-11,13H,12,14H2,1H3. The van der Waals surface area contributed by atoms with Crippen LogP contribution in [0.15, 0.2) is 66.9 Å². The molecule has 0 fully saturated rings. The minimum absolute atomic E-state index is 0.164. The number of hydrogen-bond acceptors (Lipinski definition) is 4. The molecule has 5 nitrogen and oxygen atoms in total. The molecule has 0 spiro atoms. The summed E-state index contributed by atoms with van der Waals surface area (Å²) in [6.45, 7) is 0.818. The van der Waals surface area contributed by atoms with Crippen LogP contribution in [0.4, 0.5) is 0 Å². The zero-order chi connectivity index (χ0) is 19.5. The van der Waals surface area contributed by atoms with Gasteiger partial charge in [0, 0.05) is 24.7 Å². The van der Waals surface area contributed by atoms with Crippen LogP contribution < -0.4 is 0 Å². The first-order valence-electron chi connectivity index (χ1n) is 8.86. The van der Waals surface area contributed by atoms with Gasteiger partial charge in [0.05, 0.1) is 18.4 Å². The van der Waals surface area contributed by atoms with E-state index in [1.165, 1.54) is 18.7 Å². The molecule has 6 heteroatoms. The molecule has 0 bridgehead atoms. The number of rotatable bonds is 5. The second-order valence-corrected chi connectivity index (χ2v) is 6.91. The number of aromatic nitrogens is 3. The lowest BCUT2D eigenvalue weighted by atomic mass is 10.0. The third-order valence-corrected chi connectivity index (χ3v) is 4.83. The molecule has 140 valence electrons. The number of halogens is 1. The van der Waals surface area contributed by atoms with Gasteiger partial charge in [0.2, 0.25) is 0 Å². The Morgan fingerprint density at radius 1 is 1.04 bits per heavy atom. The quantitative estimate of drug-likeness (QED) is 0.470. The summed E-state index contributed by atoms with van der Waals surface area (Å²) in [4.78, 5) is 12.0. The average Bonchev–Trinajstić information content (AvgIpc) is 3.11. The Kier molecular flexibility index (Phi) is 5.08. The fourth-order valence-electron chi connectivity index (χ4n) is 3.28. The molecule has 0 amide bonds. The van der Waals surface area contributed by atoms with Gasteiger partial charge in [0.15, 0.2) is 5.15 Å². The normalized spacial score (nSPS) is 10.9. The number of methoxy groups -OCH3 is 1. The SMILES string of the molecule is COC(=O)c1cc(Cl)nnc1Cc1ccc2c(ccn2Cc2ccccc2)c1. The fourth-order valence-corrected chi connectivity index (χ4v) is 3.43. The molecule has 0 aliphatic rings. The van der Waals surface area contributed by atoms with E-state index in [1.807, 2.05) is 24.3 Å². The molecule has 0 unspecified atom stereocenters. The summed E-state index contributed by atoms with van der Waals surface area (Å²) in [7, 11) is 1.34. The predicted molar refractivity (Wildman–Crippen MR) is 109 cm³/mol. The summed E-state index contributed by atoms with van der Waals surface area (Å²) in [5.41, 5.74) is 4.32. The first-order chi connectivity index (χ1) is 13.6. The molecule has 28 heavy (non-hydrogen) atoms. The Morgan fingerprint density at radius 2 is 1.86 bits per heavy atom. The number of carbonyl (C=O) groups is 1. The van der Waals surface area contributed by atoms with E-state index in [1.54, 1.807) is 0 Å². The van der Waals surface area contributed by atoms with Gasteiger partial charge < -0.3 is 9.30 Å². The monoisotopic (exact) mass is 391 g/mol. The Balaban J connectivity index is 1.62. The number of carbonyl (C=O) groups excluding carboxylic acids is 1. The highest BCUT2D eigenvalue weighted by atomic mass is 35.5. The van der Waals surface area contributed by atoms with Crippen molar-refractivity contribution >= 4 is 28.5 Å². The highest BCUT2D eigenvalue weighted by Gasteiger charge is 2.16. The van der Waals surface area contributed by atoms with Crippen molar-refractivity contribution in [3.05, 3.63) is 94.4 Å². The number of esters is 1. The Morgan fingerprint density at radius 3 is 2.64 bits per heavy atom. The van der Waals surface area contributed by atoms with Crippen LogP contribution in [-0.2, 0) is 17.7 Å². The first-order valence-corrected chi connectivity index (χ1v) is 9.24. The first kappa shape index (κ1) is 18.2. The van der Waals surface area contributed by atoms with Crippen LogP contribution in [0.1, 0.15) is 27.2 Å². The molecule has 4 aromatic rings. The summed E-state index contributed by atoms with van der Waals surface area (Å²) in [5.74, 6) is -0.470. The molecule has 0 aliphatic heterocycles. The van der Waals surface area contributed by atoms with Crippen molar-refractivity contribution in [3.8, 4) is 0 Å². The number of ether oxygens (including phenoxy) is 1. The van der Waals surface area contributed by atoms with Crippen LogP contribution in [0.5, 0.6) is 0 Å². The van der Waals surface area contributed by atoms with Gasteiger partial charge in [0.25, 0.3) is 0 Å². The maximum atomic E-state index is 12.0. The molecule has 4 rings (SSSR count). The maximum Gasteiger partial charge on any atom is 0.339 e. The van der Waals surface area contributed by atoms with Crippen molar-refractivity contribution in [2.75, 3.05) is 7.11 Å². The van der Waals surface area contributed by atoms with Crippen LogP contribution in [-0.4, -0.2) is 27.8 Å². The predicted octanol–water partition coefficient (Wildman–Crippen LogP) is 4.51. The van der Waals surface area contributed by atoms with Crippen molar-refractivity contribution in [2.24, 2.45) is 0 Å². The van der Waals surface area contributed by atoms with Crippen molar-refractivity contribution < 1.29 is 9.53 Å². The largest absolute Gasteiger partial charge is 0.465 e. The number of nitrogens with zero attached hydrogens (tertiary/aromatic N) is 3. The summed E-state index contributed by atoms with van der Waals surface area (Å²) in [6, 6.07) is 20.2. The second kappa shape index (κ2) is 7.82. The lowest BCUT2D eigenvalue weighted by Crippen LogP contribution is -2.09. The molecule has 0 saturated carbocycles. The Labute approximate surface area is 167 Å². The van der Waals surface area contributed by atoms with Crippen LogP contribution in [0.25, 0.3) is 10.9 Å². The minimum Gasteiger partial charge on any atom is -0.465 e. The van der Waals surface area contributed by atoms with Gasteiger partial charge in [-0.25, -0.2) is 4.79 Å². The van der Waals surface area contributed by atoms with E-state index in [2.05, 4.69) is 51.3 Å². The highest BCUT2D eigenvalue weighted by molar-refractivity contribution is 6.29. The van der Waals surface area contributed by atoms with E-state index < -0.39 is 5.97 Å². The molecule has 0 radical (unpaired) electrons. The number of hydrogen-bond donors (Lipinski definition) is 0. The smallest absolute Gasteiger partial charge is 0.339 e. The van der Waals surface area contributed by atoms with Crippen molar-refractivity contribution in [1.29, 1.82) is 0 Å². The average molecular weight is 392 g/mol. The highest BCUT2D eigenvalue weighted by Crippen LogP contribution is 2.22. The second-order valence-electron chi connectivity index (χ2n) is 6.52. The molecule has 2 aromatic heterocycles. The fraction of sp³-hybridized carbons (Fsp3) is 0.136. The lowest BCUT2D eigenvalue weighted by Gasteiger charge is -2.08. The van der Waals surface area contributed by atoms with Gasteiger partial charge in [0.1, 0.15) is 0 Å². The van der Waals surface area contributed by atoms with Gasteiger partial charge in [-0.15, -0.1) is 5.10 Å². The Hall–Kier alpha value is -3.18. The third kappa shape index (κ3) is 3.75. The van der Waals surface area contributed by atoms with Crippen molar-refractivity contribution in [1.82, 2.24) is 14.8 Å². The summed E-state index contributed by atoms with van der Waals surface area (Å²) < 4.78 is 7.05. The molecular formula is C22H18ClN3O2. The summed E-state index contributed by atoms with van der Waals surface area (Å²) >= 11 is 5.88. The molecule has 0 atom stereocenters. The third-order valence-electron chi connectivity index (χ3n) is 4.65. The summed E-state index contributed by atoms with van der Waals surface area (Å²) in [5, 5.41) is 9.26. The van der Waals surface area contributed by atoms with Gasteiger partial charge in [-0.1, -0.05) is 48.0 Å². The van der Waals surface area contributed by atoms with E-state index in [0.717, 1.165) is 23.0 Å². The summed E-state index contributed by atoms with van der Waals surface area (Å²) in [6.07, 6.45) is 2.55. The van der Waals surface area contributed by atoms with Gasteiger partial charge >= 0.3 is 5.97 Å². The van der Waals surface area contributed by atoms with Crippen LogP contribution in [0, 0.1) is 0 Å². The maximum absolute atomic E-state index is 12.0.